The van der Waals surface area contributed by atoms with E-state index in [9.17, 15) is 14.7 Å². The maximum absolute atomic E-state index is 12.2. The monoisotopic (exact) mass is 366 g/mol. The van der Waals surface area contributed by atoms with Gasteiger partial charge in [0.1, 0.15) is 0 Å². The maximum atomic E-state index is 12.2. The molecular weight excluding hydrogens is 360 g/mol. The maximum Gasteiger partial charge on any atom is 0.337 e. The number of H-pyrrole nitrogens is 1. The highest BCUT2D eigenvalue weighted by Gasteiger charge is 2.17. The van der Waals surface area contributed by atoms with Gasteiger partial charge in [-0.05, 0) is 46.3 Å². The van der Waals surface area contributed by atoms with Crippen molar-refractivity contribution in [3.05, 3.63) is 61.9 Å². The molecule has 0 aliphatic carbocycles. The van der Waals surface area contributed by atoms with Crippen molar-refractivity contribution in [1.82, 2.24) is 9.55 Å². The summed E-state index contributed by atoms with van der Waals surface area (Å²) in [7, 11) is 0. The van der Waals surface area contributed by atoms with Crippen LogP contribution in [0, 0.1) is 0 Å². The molecule has 0 aliphatic rings. The lowest BCUT2D eigenvalue weighted by Gasteiger charge is -2.08. The molecular formula is C14H8BrClN2O3. The highest BCUT2D eigenvalue weighted by atomic mass is 79.9. The number of nitrogens with zero attached hydrogens (tertiary/aromatic N) is 1. The standard InChI is InChI=1S/C14H8BrClN2O3/c15-9-6-7(16)4-5-11(9)18-12-8(13(19)20)2-1-3-10(12)17-14(18)21/h1-6H,(H,17,21)(H,19,20). The zero-order valence-electron chi connectivity index (χ0n) is 10.4. The number of hydrogen-bond acceptors (Lipinski definition) is 2. The fourth-order valence-corrected chi connectivity index (χ4v) is 3.08. The average Bonchev–Trinajstić information content (AvgIpc) is 2.74. The smallest absolute Gasteiger partial charge is 0.337 e. The quantitative estimate of drug-likeness (QED) is 0.728. The van der Waals surface area contributed by atoms with Crippen molar-refractivity contribution < 1.29 is 9.90 Å². The molecule has 3 rings (SSSR count). The van der Waals surface area contributed by atoms with Gasteiger partial charge < -0.3 is 10.1 Å². The van der Waals surface area contributed by atoms with E-state index in [0.29, 0.717) is 26.2 Å². The number of aromatic amines is 1. The SMILES string of the molecule is O=C(O)c1cccc2[nH]c(=O)n(-c3ccc(Cl)cc3Br)c12. The molecule has 0 saturated heterocycles. The van der Waals surface area contributed by atoms with E-state index >= 15 is 0 Å². The molecule has 0 radical (unpaired) electrons. The number of para-hydroxylation sites is 1. The predicted molar refractivity (Wildman–Crippen MR) is 83.6 cm³/mol. The number of carboxylic acid groups (broad SMARTS) is 1. The van der Waals surface area contributed by atoms with E-state index < -0.39 is 11.7 Å². The lowest BCUT2D eigenvalue weighted by Crippen LogP contribution is -2.16. The number of fused-ring (bicyclic) bond motifs is 1. The number of aromatic nitrogens is 2. The third kappa shape index (κ3) is 2.26. The minimum atomic E-state index is -1.10. The summed E-state index contributed by atoms with van der Waals surface area (Å²) in [6.45, 7) is 0. The second kappa shape index (κ2) is 5.05. The van der Waals surface area contributed by atoms with Crippen LogP contribution in [-0.2, 0) is 0 Å². The average molecular weight is 368 g/mol. The summed E-state index contributed by atoms with van der Waals surface area (Å²) >= 11 is 9.24. The Bertz CT molecular complexity index is 930. The van der Waals surface area contributed by atoms with Gasteiger partial charge in [0.15, 0.2) is 0 Å². The molecule has 0 unspecified atom stereocenters. The van der Waals surface area contributed by atoms with Crippen LogP contribution in [0.4, 0.5) is 0 Å². The van der Waals surface area contributed by atoms with Gasteiger partial charge in [-0.15, -0.1) is 0 Å². The number of imidazole rings is 1. The highest BCUT2D eigenvalue weighted by Crippen LogP contribution is 2.27. The largest absolute Gasteiger partial charge is 0.478 e. The molecule has 0 bridgehead atoms. The molecule has 21 heavy (non-hydrogen) atoms. The Morgan fingerprint density at radius 2 is 2.05 bits per heavy atom. The topological polar surface area (TPSA) is 75.1 Å². The second-order valence-corrected chi connectivity index (χ2v) is 5.66. The lowest BCUT2D eigenvalue weighted by atomic mass is 10.2. The van der Waals surface area contributed by atoms with E-state index in [-0.39, 0.29) is 5.56 Å². The van der Waals surface area contributed by atoms with E-state index in [1.54, 1.807) is 30.3 Å². The molecule has 0 spiro atoms. The summed E-state index contributed by atoms with van der Waals surface area (Å²) in [5.41, 5.74) is 0.929. The minimum absolute atomic E-state index is 0.0488. The Balaban J connectivity index is 2.45. The van der Waals surface area contributed by atoms with Crippen LogP contribution >= 0.6 is 27.5 Å². The predicted octanol–water partition coefficient (Wildman–Crippen LogP) is 3.43. The van der Waals surface area contributed by atoms with Gasteiger partial charge in [-0.25, -0.2) is 9.59 Å². The van der Waals surface area contributed by atoms with Crippen LogP contribution in [0.1, 0.15) is 10.4 Å². The van der Waals surface area contributed by atoms with Gasteiger partial charge in [0.25, 0.3) is 0 Å². The van der Waals surface area contributed by atoms with Crippen molar-refractivity contribution in [1.29, 1.82) is 0 Å². The Kier molecular flexibility index (Phi) is 3.35. The normalized spacial score (nSPS) is 11.0. The van der Waals surface area contributed by atoms with Crippen molar-refractivity contribution in [2.24, 2.45) is 0 Å². The van der Waals surface area contributed by atoms with E-state index in [2.05, 4.69) is 20.9 Å². The molecule has 3 aromatic rings. The molecule has 0 fully saturated rings. The Hall–Kier alpha value is -2.05. The zero-order chi connectivity index (χ0) is 15.1. The fraction of sp³-hybridized carbons (Fsp3) is 0. The summed E-state index contributed by atoms with van der Waals surface area (Å²) in [6.07, 6.45) is 0. The molecule has 2 N–H and O–H groups in total. The van der Waals surface area contributed by atoms with Gasteiger partial charge in [0.2, 0.25) is 0 Å². The summed E-state index contributed by atoms with van der Waals surface area (Å²) < 4.78 is 1.91. The summed E-state index contributed by atoms with van der Waals surface area (Å²) in [5, 5.41) is 9.83. The number of nitrogens with one attached hydrogen (secondary N) is 1. The summed E-state index contributed by atoms with van der Waals surface area (Å²) in [6, 6.07) is 9.63. The van der Waals surface area contributed by atoms with E-state index in [1.165, 1.54) is 10.6 Å². The second-order valence-electron chi connectivity index (χ2n) is 4.37. The third-order valence-electron chi connectivity index (χ3n) is 3.09. The first kappa shape index (κ1) is 13.9. The number of aromatic carboxylic acids is 1. The molecule has 7 heteroatoms. The van der Waals surface area contributed by atoms with Crippen LogP contribution in [0.2, 0.25) is 5.02 Å². The van der Waals surface area contributed by atoms with Gasteiger partial charge in [-0.1, -0.05) is 17.7 Å². The Labute approximate surface area is 131 Å². The minimum Gasteiger partial charge on any atom is -0.478 e. The van der Waals surface area contributed by atoms with Crippen LogP contribution in [0.3, 0.4) is 0 Å². The Morgan fingerprint density at radius 1 is 1.29 bits per heavy atom. The van der Waals surface area contributed by atoms with Crippen LogP contribution < -0.4 is 5.69 Å². The number of carboxylic acids is 1. The summed E-state index contributed by atoms with van der Waals surface area (Å²) in [4.78, 5) is 26.2. The van der Waals surface area contributed by atoms with Crippen molar-refractivity contribution >= 4 is 44.5 Å². The van der Waals surface area contributed by atoms with E-state index in [1.807, 2.05) is 0 Å². The molecule has 5 nitrogen and oxygen atoms in total. The molecule has 0 amide bonds. The van der Waals surface area contributed by atoms with Gasteiger partial charge in [0, 0.05) is 9.50 Å². The first-order chi connectivity index (χ1) is 9.99. The highest BCUT2D eigenvalue weighted by molar-refractivity contribution is 9.10. The molecule has 1 heterocycles. The van der Waals surface area contributed by atoms with E-state index in [0.717, 1.165) is 0 Å². The van der Waals surface area contributed by atoms with Gasteiger partial charge in [0.05, 0.1) is 22.3 Å². The van der Waals surface area contributed by atoms with Crippen molar-refractivity contribution in [3.63, 3.8) is 0 Å². The molecule has 106 valence electrons. The van der Waals surface area contributed by atoms with Gasteiger partial charge in [-0.3, -0.25) is 4.57 Å². The molecule has 2 aromatic carbocycles. The number of halogens is 2. The van der Waals surface area contributed by atoms with Crippen LogP contribution in [0.25, 0.3) is 16.7 Å². The Morgan fingerprint density at radius 3 is 2.71 bits per heavy atom. The third-order valence-corrected chi connectivity index (χ3v) is 3.96. The fourth-order valence-electron chi connectivity index (χ4n) is 2.22. The van der Waals surface area contributed by atoms with Crippen molar-refractivity contribution in [2.75, 3.05) is 0 Å². The molecule has 0 aliphatic heterocycles. The van der Waals surface area contributed by atoms with Crippen molar-refractivity contribution in [3.8, 4) is 5.69 Å². The van der Waals surface area contributed by atoms with Gasteiger partial charge >= 0.3 is 11.7 Å². The first-order valence-corrected chi connectivity index (χ1v) is 7.08. The molecule has 0 saturated carbocycles. The summed E-state index contributed by atoms with van der Waals surface area (Å²) in [5.74, 6) is -1.10. The number of carbonyl (C=O) groups is 1. The van der Waals surface area contributed by atoms with Crippen LogP contribution in [0.15, 0.2) is 45.7 Å². The van der Waals surface area contributed by atoms with E-state index in [4.69, 9.17) is 11.6 Å². The first-order valence-electron chi connectivity index (χ1n) is 5.91. The molecule has 1 aromatic heterocycles. The zero-order valence-corrected chi connectivity index (χ0v) is 12.8. The number of benzene rings is 2. The number of rotatable bonds is 2. The molecule has 0 atom stereocenters. The van der Waals surface area contributed by atoms with Crippen LogP contribution in [-0.4, -0.2) is 20.6 Å². The van der Waals surface area contributed by atoms with Gasteiger partial charge in [-0.2, -0.15) is 0 Å². The van der Waals surface area contributed by atoms with Crippen molar-refractivity contribution in [2.45, 2.75) is 0 Å². The van der Waals surface area contributed by atoms with Crippen LogP contribution in [0.5, 0.6) is 0 Å². The lowest BCUT2D eigenvalue weighted by molar-refractivity contribution is 0.0698. The number of hydrogen-bond donors (Lipinski definition) is 2.